The largest absolute Gasteiger partial charge is 0.303 e. The molecule has 2 aliphatic carbocycles. The van der Waals surface area contributed by atoms with Crippen molar-refractivity contribution in [1.29, 1.82) is 0 Å². The lowest BCUT2D eigenvalue weighted by Gasteiger charge is -2.37. The summed E-state index contributed by atoms with van der Waals surface area (Å²) in [4.78, 5) is 2.75. The standard InChI is InChI=1S/C19H34ClN/c20-19-8-4-7-18(14-19)15-21-11-9-17(10-12-21)13-16-5-2-1-3-6-16/h16-19H,1-15H2. The maximum Gasteiger partial charge on any atom is 0.0339 e. The molecule has 0 bridgehead atoms. The first-order valence-corrected chi connectivity index (χ1v) is 10.1. The topological polar surface area (TPSA) is 3.24 Å². The van der Waals surface area contributed by atoms with Gasteiger partial charge in [-0.25, -0.2) is 0 Å². The van der Waals surface area contributed by atoms with Crippen molar-refractivity contribution in [1.82, 2.24) is 4.90 Å². The van der Waals surface area contributed by atoms with Crippen LogP contribution in [0.1, 0.15) is 77.0 Å². The molecule has 3 fully saturated rings. The predicted octanol–water partition coefficient (Wildman–Crippen LogP) is 5.47. The quantitative estimate of drug-likeness (QED) is 0.623. The summed E-state index contributed by atoms with van der Waals surface area (Å²) in [7, 11) is 0. The summed E-state index contributed by atoms with van der Waals surface area (Å²) < 4.78 is 0. The molecule has 1 aliphatic heterocycles. The fourth-order valence-corrected chi connectivity index (χ4v) is 5.46. The van der Waals surface area contributed by atoms with Crippen LogP contribution in [-0.4, -0.2) is 29.9 Å². The van der Waals surface area contributed by atoms with Crippen LogP contribution in [0.3, 0.4) is 0 Å². The number of piperidine rings is 1. The van der Waals surface area contributed by atoms with E-state index in [0.717, 1.165) is 17.8 Å². The Hall–Kier alpha value is 0.250. The maximum atomic E-state index is 6.34. The molecular formula is C19H34ClN. The van der Waals surface area contributed by atoms with Gasteiger partial charge in [-0.15, -0.1) is 11.6 Å². The normalized spacial score (nSPS) is 34.1. The molecule has 2 heteroatoms. The van der Waals surface area contributed by atoms with Gasteiger partial charge in [0.2, 0.25) is 0 Å². The van der Waals surface area contributed by atoms with Gasteiger partial charge in [0.25, 0.3) is 0 Å². The van der Waals surface area contributed by atoms with E-state index in [4.69, 9.17) is 11.6 Å². The van der Waals surface area contributed by atoms with Crippen LogP contribution in [0, 0.1) is 17.8 Å². The second-order valence-corrected chi connectivity index (χ2v) is 8.73. The summed E-state index contributed by atoms with van der Waals surface area (Å²) in [5.74, 6) is 3.00. The number of halogens is 1. The second-order valence-electron chi connectivity index (χ2n) is 8.11. The van der Waals surface area contributed by atoms with Crippen molar-refractivity contribution in [3.8, 4) is 0 Å². The molecule has 1 nitrogen and oxygen atoms in total. The molecule has 0 aromatic heterocycles. The fraction of sp³-hybridized carbons (Fsp3) is 1.00. The summed E-state index contributed by atoms with van der Waals surface area (Å²) in [6.07, 6.45) is 17.3. The molecule has 0 radical (unpaired) electrons. The van der Waals surface area contributed by atoms with E-state index < -0.39 is 0 Å². The van der Waals surface area contributed by atoms with Gasteiger partial charge in [-0.1, -0.05) is 38.5 Å². The van der Waals surface area contributed by atoms with Crippen LogP contribution in [0.4, 0.5) is 0 Å². The van der Waals surface area contributed by atoms with Gasteiger partial charge >= 0.3 is 0 Å². The Balaban J connectivity index is 1.34. The number of nitrogens with zero attached hydrogens (tertiary/aromatic N) is 1. The molecule has 2 unspecified atom stereocenters. The number of hydrogen-bond donors (Lipinski definition) is 0. The number of rotatable bonds is 4. The third-order valence-electron chi connectivity index (χ3n) is 6.33. The Labute approximate surface area is 136 Å². The summed E-state index contributed by atoms with van der Waals surface area (Å²) in [5.41, 5.74) is 0. The summed E-state index contributed by atoms with van der Waals surface area (Å²) in [6, 6.07) is 0. The number of alkyl halides is 1. The molecule has 0 N–H and O–H groups in total. The van der Waals surface area contributed by atoms with E-state index in [2.05, 4.69) is 4.90 Å². The van der Waals surface area contributed by atoms with Gasteiger partial charge in [0.15, 0.2) is 0 Å². The lowest BCUT2D eigenvalue weighted by Crippen LogP contribution is -2.38. The fourth-order valence-electron chi connectivity index (χ4n) is 5.06. The molecule has 0 spiro atoms. The third-order valence-corrected chi connectivity index (χ3v) is 6.73. The summed E-state index contributed by atoms with van der Waals surface area (Å²) >= 11 is 6.34. The van der Waals surface area contributed by atoms with E-state index in [1.807, 2.05) is 0 Å². The number of likely N-dealkylation sites (tertiary alicyclic amines) is 1. The average Bonchev–Trinajstić information content (AvgIpc) is 2.50. The Morgan fingerprint density at radius 2 is 1.38 bits per heavy atom. The van der Waals surface area contributed by atoms with E-state index in [0.29, 0.717) is 5.38 Å². The molecule has 1 saturated heterocycles. The van der Waals surface area contributed by atoms with Gasteiger partial charge < -0.3 is 4.90 Å². The molecule has 1 heterocycles. The van der Waals surface area contributed by atoms with Crippen molar-refractivity contribution in [2.45, 2.75) is 82.4 Å². The smallest absolute Gasteiger partial charge is 0.0339 e. The Kier molecular flexibility index (Phi) is 6.29. The van der Waals surface area contributed by atoms with Crippen LogP contribution in [-0.2, 0) is 0 Å². The molecule has 21 heavy (non-hydrogen) atoms. The molecule has 2 saturated carbocycles. The van der Waals surface area contributed by atoms with E-state index in [1.54, 1.807) is 6.42 Å². The zero-order valence-electron chi connectivity index (χ0n) is 13.7. The molecule has 3 aliphatic rings. The van der Waals surface area contributed by atoms with Crippen LogP contribution in [0.2, 0.25) is 0 Å². The first-order chi connectivity index (χ1) is 10.3. The summed E-state index contributed by atoms with van der Waals surface area (Å²) in [5, 5.41) is 0.465. The van der Waals surface area contributed by atoms with Crippen molar-refractivity contribution in [2.75, 3.05) is 19.6 Å². The highest BCUT2D eigenvalue weighted by Crippen LogP contribution is 2.34. The molecule has 0 aromatic rings. The Morgan fingerprint density at radius 1 is 0.714 bits per heavy atom. The van der Waals surface area contributed by atoms with Crippen molar-refractivity contribution in [3.63, 3.8) is 0 Å². The van der Waals surface area contributed by atoms with Crippen LogP contribution in [0.5, 0.6) is 0 Å². The van der Waals surface area contributed by atoms with E-state index in [9.17, 15) is 0 Å². The maximum absolute atomic E-state index is 6.34. The van der Waals surface area contributed by atoms with Gasteiger partial charge in [0.1, 0.15) is 0 Å². The highest BCUT2D eigenvalue weighted by molar-refractivity contribution is 6.20. The third kappa shape index (κ3) is 5.13. The minimum absolute atomic E-state index is 0.465. The zero-order valence-corrected chi connectivity index (χ0v) is 14.5. The molecule has 0 amide bonds. The monoisotopic (exact) mass is 311 g/mol. The van der Waals surface area contributed by atoms with Gasteiger partial charge in [0, 0.05) is 11.9 Å². The highest BCUT2D eigenvalue weighted by Gasteiger charge is 2.26. The second kappa shape index (κ2) is 8.20. The lowest BCUT2D eigenvalue weighted by molar-refractivity contribution is 0.130. The molecule has 3 rings (SSSR count). The zero-order chi connectivity index (χ0) is 14.5. The molecule has 122 valence electrons. The molecule has 2 atom stereocenters. The highest BCUT2D eigenvalue weighted by atomic mass is 35.5. The summed E-state index contributed by atoms with van der Waals surface area (Å²) in [6.45, 7) is 4.06. The Bertz CT molecular complexity index is 292. The van der Waals surface area contributed by atoms with Crippen LogP contribution < -0.4 is 0 Å². The number of hydrogen-bond acceptors (Lipinski definition) is 1. The molecular weight excluding hydrogens is 278 g/mol. The van der Waals surface area contributed by atoms with E-state index in [-0.39, 0.29) is 0 Å². The van der Waals surface area contributed by atoms with Crippen molar-refractivity contribution in [2.24, 2.45) is 17.8 Å². The average molecular weight is 312 g/mol. The lowest BCUT2D eigenvalue weighted by atomic mass is 9.79. The van der Waals surface area contributed by atoms with Crippen LogP contribution in [0.25, 0.3) is 0 Å². The van der Waals surface area contributed by atoms with Crippen molar-refractivity contribution in [3.05, 3.63) is 0 Å². The van der Waals surface area contributed by atoms with Crippen molar-refractivity contribution >= 4 is 11.6 Å². The van der Waals surface area contributed by atoms with Gasteiger partial charge in [-0.05, 0) is 69.4 Å². The SMILES string of the molecule is ClC1CCCC(CN2CCC(CC3CCCCC3)CC2)C1. The van der Waals surface area contributed by atoms with Gasteiger partial charge in [0.05, 0.1) is 0 Å². The molecule has 0 aromatic carbocycles. The van der Waals surface area contributed by atoms with Crippen LogP contribution >= 0.6 is 11.6 Å². The van der Waals surface area contributed by atoms with Gasteiger partial charge in [-0.2, -0.15) is 0 Å². The van der Waals surface area contributed by atoms with E-state index >= 15 is 0 Å². The minimum Gasteiger partial charge on any atom is -0.303 e. The van der Waals surface area contributed by atoms with Crippen LogP contribution in [0.15, 0.2) is 0 Å². The first-order valence-electron chi connectivity index (χ1n) is 9.66. The Morgan fingerprint density at radius 3 is 2.10 bits per heavy atom. The van der Waals surface area contributed by atoms with Gasteiger partial charge in [-0.3, -0.25) is 0 Å². The van der Waals surface area contributed by atoms with E-state index in [1.165, 1.54) is 90.3 Å². The van der Waals surface area contributed by atoms with Crippen molar-refractivity contribution < 1.29 is 0 Å². The first kappa shape index (κ1) is 16.1. The predicted molar refractivity (Wildman–Crippen MR) is 92.0 cm³/mol. The minimum atomic E-state index is 0.465.